The molecule has 8 heteroatoms. The molecule has 0 spiro atoms. The van der Waals surface area contributed by atoms with Crippen LogP contribution in [0.15, 0.2) is 46.5 Å². The van der Waals surface area contributed by atoms with Crippen LogP contribution < -0.4 is 9.47 Å². The second-order valence-corrected chi connectivity index (χ2v) is 9.09. The maximum absolute atomic E-state index is 12.3. The van der Waals surface area contributed by atoms with Crippen LogP contribution >= 0.6 is 22.7 Å². The van der Waals surface area contributed by atoms with Crippen molar-refractivity contribution in [2.24, 2.45) is 0 Å². The van der Waals surface area contributed by atoms with Gasteiger partial charge in [0.1, 0.15) is 23.1 Å². The molecule has 1 aromatic carbocycles. The van der Waals surface area contributed by atoms with Gasteiger partial charge in [0, 0.05) is 16.3 Å². The molecular weight excluding hydrogens is 378 g/mol. The topological polar surface area (TPSA) is 65.5 Å². The van der Waals surface area contributed by atoms with Crippen LogP contribution in [0.1, 0.15) is 5.69 Å². The molecule has 0 atom stereocenters. The second kappa shape index (κ2) is 7.99. The van der Waals surface area contributed by atoms with Gasteiger partial charge in [-0.15, -0.1) is 11.3 Å². The number of hydrogen-bond acceptors (Lipinski definition) is 7. The van der Waals surface area contributed by atoms with Crippen LogP contribution in [0.5, 0.6) is 11.5 Å². The van der Waals surface area contributed by atoms with E-state index in [-0.39, 0.29) is 18.1 Å². The van der Waals surface area contributed by atoms with Crippen LogP contribution in [0, 0.1) is 0 Å². The van der Waals surface area contributed by atoms with Crippen molar-refractivity contribution in [2.75, 3.05) is 19.5 Å². The lowest BCUT2D eigenvalue weighted by atomic mass is 10.3. The molecule has 0 fully saturated rings. The number of ether oxygens (including phenoxy) is 2. The van der Waals surface area contributed by atoms with Crippen molar-refractivity contribution in [1.82, 2.24) is 4.98 Å². The first-order chi connectivity index (χ1) is 12.1. The molecule has 3 rings (SSSR count). The molecule has 0 aliphatic rings. The van der Waals surface area contributed by atoms with E-state index in [0.717, 1.165) is 16.3 Å². The first kappa shape index (κ1) is 17.9. The number of rotatable bonds is 8. The minimum absolute atomic E-state index is 0.0512. The summed E-state index contributed by atoms with van der Waals surface area (Å²) in [5.74, 6) is 1.22. The molecule has 0 saturated carbocycles. The molecule has 2 heterocycles. The number of sulfone groups is 1. The lowest BCUT2D eigenvalue weighted by molar-refractivity contribution is 0.339. The van der Waals surface area contributed by atoms with Gasteiger partial charge in [-0.25, -0.2) is 13.4 Å². The fourth-order valence-electron chi connectivity index (χ4n) is 2.15. The number of nitrogens with zero attached hydrogens (tertiary/aromatic N) is 1. The molecule has 2 aromatic heterocycles. The molecule has 0 amide bonds. The van der Waals surface area contributed by atoms with Gasteiger partial charge >= 0.3 is 0 Å². The van der Waals surface area contributed by atoms with E-state index in [9.17, 15) is 8.42 Å². The van der Waals surface area contributed by atoms with Gasteiger partial charge in [0.05, 0.1) is 24.3 Å². The van der Waals surface area contributed by atoms with E-state index in [4.69, 9.17) is 9.47 Å². The Morgan fingerprint density at radius 2 is 1.84 bits per heavy atom. The van der Waals surface area contributed by atoms with Crippen molar-refractivity contribution < 1.29 is 17.9 Å². The summed E-state index contributed by atoms with van der Waals surface area (Å²) in [7, 11) is -1.69. The number of methoxy groups -OCH3 is 1. The van der Waals surface area contributed by atoms with Crippen LogP contribution in [0.2, 0.25) is 0 Å². The normalized spacial score (nSPS) is 11.4. The first-order valence-corrected chi connectivity index (χ1v) is 11.1. The van der Waals surface area contributed by atoms with Gasteiger partial charge < -0.3 is 9.47 Å². The summed E-state index contributed by atoms with van der Waals surface area (Å²) in [6.45, 7) is 0.107. The van der Waals surface area contributed by atoms with E-state index in [0.29, 0.717) is 11.4 Å². The van der Waals surface area contributed by atoms with E-state index >= 15 is 0 Å². The predicted octanol–water partition coefficient (Wildman–Crippen LogP) is 3.87. The molecule has 0 aliphatic heterocycles. The van der Waals surface area contributed by atoms with Crippen LogP contribution in [-0.4, -0.2) is 32.9 Å². The monoisotopic (exact) mass is 395 g/mol. The summed E-state index contributed by atoms with van der Waals surface area (Å²) in [5, 5.41) is 6.62. The summed E-state index contributed by atoms with van der Waals surface area (Å²) in [5.41, 5.74) is 1.61. The number of thiophene rings is 1. The molecule has 0 saturated heterocycles. The van der Waals surface area contributed by atoms with Crippen molar-refractivity contribution >= 4 is 32.5 Å². The van der Waals surface area contributed by atoms with Crippen molar-refractivity contribution in [1.29, 1.82) is 0 Å². The average molecular weight is 396 g/mol. The van der Waals surface area contributed by atoms with Gasteiger partial charge in [0.2, 0.25) is 0 Å². The Morgan fingerprint density at radius 3 is 2.52 bits per heavy atom. The Morgan fingerprint density at radius 1 is 1.08 bits per heavy atom. The zero-order chi connectivity index (χ0) is 17.7. The smallest absolute Gasteiger partial charge is 0.159 e. The molecule has 0 aliphatic carbocycles. The molecule has 0 unspecified atom stereocenters. The van der Waals surface area contributed by atoms with Crippen LogP contribution in [0.4, 0.5) is 0 Å². The van der Waals surface area contributed by atoms with E-state index in [1.54, 1.807) is 48.1 Å². The van der Waals surface area contributed by atoms with Crippen molar-refractivity contribution in [3.05, 3.63) is 52.2 Å². The first-order valence-electron chi connectivity index (χ1n) is 7.50. The molecule has 0 radical (unpaired) electrons. The third-order valence-electron chi connectivity index (χ3n) is 3.41. The van der Waals surface area contributed by atoms with Crippen molar-refractivity contribution in [2.45, 2.75) is 5.75 Å². The minimum atomic E-state index is -3.28. The van der Waals surface area contributed by atoms with Gasteiger partial charge in [-0.2, -0.15) is 11.3 Å². The molecule has 3 aromatic rings. The lowest BCUT2D eigenvalue weighted by Crippen LogP contribution is -2.16. The van der Waals surface area contributed by atoms with Crippen molar-refractivity contribution in [3.8, 4) is 22.1 Å². The highest BCUT2D eigenvalue weighted by molar-refractivity contribution is 7.90. The van der Waals surface area contributed by atoms with Gasteiger partial charge in [-0.05, 0) is 35.7 Å². The maximum Gasteiger partial charge on any atom is 0.159 e. The van der Waals surface area contributed by atoms with Crippen LogP contribution in [0.3, 0.4) is 0 Å². The summed E-state index contributed by atoms with van der Waals surface area (Å²) in [6.07, 6.45) is 0. The fourth-order valence-corrected chi connectivity index (χ4v) is 4.87. The molecule has 132 valence electrons. The minimum Gasteiger partial charge on any atom is -0.497 e. The lowest BCUT2D eigenvalue weighted by Gasteiger charge is -2.07. The Bertz CT molecular complexity index is 900. The highest BCUT2D eigenvalue weighted by Gasteiger charge is 2.15. The van der Waals surface area contributed by atoms with E-state index in [1.165, 1.54) is 11.3 Å². The molecule has 0 N–H and O–H groups in total. The predicted molar refractivity (Wildman–Crippen MR) is 101 cm³/mol. The van der Waals surface area contributed by atoms with E-state index in [2.05, 4.69) is 4.98 Å². The molecule has 25 heavy (non-hydrogen) atoms. The summed E-state index contributed by atoms with van der Waals surface area (Å²) < 4.78 is 35.1. The van der Waals surface area contributed by atoms with E-state index in [1.807, 2.05) is 16.8 Å². The standard InChI is InChI=1S/C17H17NO4S3/c1-21-15-2-4-16(5-3-15)22-7-9-25(19,20)12-14-11-24-17(18-14)13-6-8-23-10-13/h2-6,8,10-11H,7,9,12H2,1H3. The number of thiazole rings is 1. The number of benzene rings is 1. The van der Waals surface area contributed by atoms with Crippen molar-refractivity contribution in [3.63, 3.8) is 0 Å². The quantitative estimate of drug-likeness (QED) is 0.579. The Hall–Kier alpha value is -1.90. The van der Waals surface area contributed by atoms with Crippen LogP contribution in [-0.2, 0) is 15.6 Å². The van der Waals surface area contributed by atoms with Gasteiger partial charge in [0.15, 0.2) is 9.84 Å². The van der Waals surface area contributed by atoms with E-state index < -0.39 is 9.84 Å². The Kier molecular flexibility index (Phi) is 5.72. The Labute approximate surface area is 154 Å². The summed E-state index contributed by atoms with van der Waals surface area (Å²) in [4.78, 5) is 4.41. The summed E-state index contributed by atoms with van der Waals surface area (Å²) >= 11 is 3.05. The summed E-state index contributed by atoms with van der Waals surface area (Å²) in [6, 6.07) is 9.01. The fraction of sp³-hybridized carbons (Fsp3) is 0.235. The molecule has 0 bridgehead atoms. The van der Waals surface area contributed by atoms with Gasteiger partial charge in [-0.3, -0.25) is 0 Å². The van der Waals surface area contributed by atoms with Gasteiger partial charge in [0.25, 0.3) is 0 Å². The third kappa shape index (κ3) is 5.04. The average Bonchev–Trinajstić information content (AvgIpc) is 3.26. The zero-order valence-corrected chi connectivity index (χ0v) is 16.0. The Balaban J connectivity index is 1.53. The van der Waals surface area contributed by atoms with Crippen LogP contribution in [0.25, 0.3) is 10.6 Å². The second-order valence-electron chi connectivity index (χ2n) is 5.27. The third-order valence-corrected chi connectivity index (χ3v) is 6.56. The molecular formula is C17H17NO4S3. The molecule has 5 nitrogen and oxygen atoms in total. The van der Waals surface area contributed by atoms with Gasteiger partial charge in [-0.1, -0.05) is 0 Å². The largest absolute Gasteiger partial charge is 0.497 e. The highest BCUT2D eigenvalue weighted by Crippen LogP contribution is 2.26. The maximum atomic E-state index is 12.3. The highest BCUT2D eigenvalue weighted by atomic mass is 32.2. The zero-order valence-electron chi connectivity index (χ0n) is 13.5. The number of hydrogen-bond donors (Lipinski definition) is 0. The SMILES string of the molecule is COc1ccc(OCCS(=O)(=O)Cc2csc(-c3ccsc3)n2)cc1. The number of aromatic nitrogens is 1.